The quantitative estimate of drug-likeness (QED) is 0.810. The second-order valence-electron chi connectivity index (χ2n) is 5.72. The van der Waals surface area contributed by atoms with Gasteiger partial charge in [0.2, 0.25) is 5.91 Å². The van der Waals surface area contributed by atoms with Crippen LogP contribution < -0.4 is 10.1 Å². The highest BCUT2D eigenvalue weighted by Crippen LogP contribution is 2.13. The van der Waals surface area contributed by atoms with Gasteiger partial charge in [-0.25, -0.2) is 0 Å². The van der Waals surface area contributed by atoms with Gasteiger partial charge in [-0.05, 0) is 43.4 Å². The largest absolute Gasteiger partial charge is 0.497 e. The van der Waals surface area contributed by atoms with Crippen molar-refractivity contribution in [3.05, 3.63) is 29.8 Å². The summed E-state index contributed by atoms with van der Waals surface area (Å²) < 4.78 is 5.16. The van der Waals surface area contributed by atoms with Crippen molar-refractivity contribution >= 4 is 11.8 Å². The van der Waals surface area contributed by atoms with Gasteiger partial charge in [-0.3, -0.25) is 9.59 Å². The molecule has 1 atom stereocenters. The minimum atomic E-state index is -0.970. The van der Waals surface area contributed by atoms with Crippen molar-refractivity contribution in [2.75, 3.05) is 26.7 Å². The highest BCUT2D eigenvalue weighted by atomic mass is 16.5. The molecule has 0 aromatic heterocycles. The number of rotatable bonds is 6. The van der Waals surface area contributed by atoms with Crippen LogP contribution in [0.15, 0.2) is 24.3 Å². The van der Waals surface area contributed by atoms with Gasteiger partial charge >= 0.3 is 0 Å². The maximum atomic E-state index is 12.0. The van der Waals surface area contributed by atoms with Crippen molar-refractivity contribution in [2.45, 2.75) is 31.8 Å². The van der Waals surface area contributed by atoms with Crippen LogP contribution in [0.5, 0.6) is 5.75 Å². The molecule has 0 radical (unpaired) electrons. The number of nitrogens with zero attached hydrogens (tertiary/aromatic N) is 1. The van der Waals surface area contributed by atoms with Crippen LogP contribution in [0.4, 0.5) is 0 Å². The van der Waals surface area contributed by atoms with Crippen LogP contribution in [-0.2, 0) is 16.0 Å². The van der Waals surface area contributed by atoms with E-state index in [9.17, 15) is 14.7 Å². The van der Waals surface area contributed by atoms with E-state index in [4.69, 9.17) is 4.74 Å². The predicted octanol–water partition coefficient (Wildman–Crippen LogP) is 0.727. The number of nitrogens with one attached hydrogen (secondary N) is 1. The molecular weight excluding hydrogens is 296 g/mol. The average Bonchev–Trinajstić information content (AvgIpc) is 2.71. The van der Waals surface area contributed by atoms with Gasteiger partial charge in [0.05, 0.1) is 13.7 Å². The number of hydrogen-bond donors (Lipinski definition) is 2. The van der Waals surface area contributed by atoms with Gasteiger partial charge in [0.15, 0.2) is 0 Å². The zero-order valence-corrected chi connectivity index (χ0v) is 13.5. The minimum Gasteiger partial charge on any atom is -0.497 e. The number of likely N-dealkylation sites (tertiary alicyclic amines) is 1. The Morgan fingerprint density at radius 1 is 1.43 bits per heavy atom. The second kappa shape index (κ2) is 8.53. The van der Waals surface area contributed by atoms with E-state index >= 15 is 0 Å². The van der Waals surface area contributed by atoms with Crippen molar-refractivity contribution < 1.29 is 19.4 Å². The standard InChI is InChI=1S/C17H24N2O4/c1-23-14-6-4-5-13(11-14)8-9-18-16(21)12-19-10-3-2-7-15(20)17(19)22/h4-6,11,15,20H,2-3,7-10,12H2,1H3,(H,18,21). The van der Waals surface area contributed by atoms with Gasteiger partial charge in [0.25, 0.3) is 5.91 Å². The van der Waals surface area contributed by atoms with Crippen molar-refractivity contribution in [2.24, 2.45) is 0 Å². The molecule has 1 aliphatic rings. The topological polar surface area (TPSA) is 78.9 Å². The number of hydrogen-bond acceptors (Lipinski definition) is 4. The molecule has 0 bridgehead atoms. The number of aliphatic hydroxyl groups is 1. The maximum Gasteiger partial charge on any atom is 0.251 e. The summed E-state index contributed by atoms with van der Waals surface area (Å²) in [6.07, 6.45) is 1.83. The molecule has 2 N–H and O–H groups in total. The number of carbonyl (C=O) groups is 2. The average molecular weight is 320 g/mol. The van der Waals surface area contributed by atoms with E-state index in [2.05, 4.69) is 5.32 Å². The molecule has 1 aromatic carbocycles. The van der Waals surface area contributed by atoms with Crippen LogP contribution >= 0.6 is 0 Å². The van der Waals surface area contributed by atoms with Crippen LogP contribution in [0.25, 0.3) is 0 Å². The van der Waals surface area contributed by atoms with Crippen LogP contribution in [0.2, 0.25) is 0 Å². The molecule has 6 nitrogen and oxygen atoms in total. The van der Waals surface area contributed by atoms with Gasteiger partial charge in [-0.2, -0.15) is 0 Å². The van der Waals surface area contributed by atoms with Gasteiger partial charge in [0.1, 0.15) is 11.9 Å². The number of methoxy groups -OCH3 is 1. The van der Waals surface area contributed by atoms with E-state index in [1.165, 1.54) is 4.90 Å². The lowest BCUT2D eigenvalue weighted by molar-refractivity contribution is -0.142. The van der Waals surface area contributed by atoms with E-state index in [-0.39, 0.29) is 18.4 Å². The Bertz CT molecular complexity index is 547. The Morgan fingerprint density at radius 2 is 2.26 bits per heavy atom. The Kier molecular flexibility index (Phi) is 6.40. The second-order valence-corrected chi connectivity index (χ2v) is 5.72. The molecule has 0 aliphatic carbocycles. The third-order valence-electron chi connectivity index (χ3n) is 3.96. The number of aliphatic hydroxyl groups excluding tert-OH is 1. The number of ether oxygens (including phenoxy) is 1. The number of benzene rings is 1. The normalized spacial score (nSPS) is 18.4. The van der Waals surface area contributed by atoms with E-state index in [1.807, 2.05) is 24.3 Å². The molecule has 1 aliphatic heterocycles. The molecule has 1 fully saturated rings. The van der Waals surface area contributed by atoms with Crippen LogP contribution in [-0.4, -0.2) is 54.7 Å². The first-order chi connectivity index (χ1) is 11.1. The Hall–Kier alpha value is -2.08. The smallest absolute Gasteiger partial charge is 0.251 e. The fourth-order valence-electron chi connectivity index (χ4n) is 2.65. The summed E-state index contributed by atoms with van der Waals surface area (Å²) in [5, 5.41) is 12.5. The zero-order valence-electron chi connectivity index (χ0n) is 13.5. The molecule has 2 amide bonds. The van der Waals surface area contributed by atoms with E-state index in [0.29, 0.717) is 25.9 Å². The molecule has 1 unspecified atom stereocenters. The summed E-state index contributed by atoms with van der Waals surface area (Å²) in [6, 6.07) is 7.69. The van der Waals surface area contributed by atoms with Crippen LogP contribution in [0, 0.1) is 0 Å². The van der Waals surface area contributed by atoms with E-state index < -0.39 is 6.10 Å². The summed E-state index contributed by atoms with van der Waals surface area (Å²) in [4.78, 5) is 25.3. The molecule has 1 saturated heterocycles. The highest BCUT2D eigenvalue weighted by Gasteiger charge is 2.26. The Morgan fingerprint density at radius 3 is 3.04 bits per heavy atom. The molecule has 2 rings (SSSR count). The molecule has 0 saturated carbocycles. The van der Waals surface area contributed by atoms with Crippen molar-refractivity contribution in [3.63, 3.8) is 0 Å². The number of amides is 2. The lowest BCUT2D eigenvalue weighted by Crippen LogP contribution is -2.44. The minimum absolute atomic E-state index is 0.00794. The van der Waals surface area contributed by atoms with Crippen LogP contribution in [0.3, 0.4) is 0 Å². The first kappa shape index (κ1) is 17.3. The fraction of sp³-hybridized carbons (Fsp3) is 0.529. The van der Waals surface area contributed by atoms with Crippen LogP contribution in [0.1, 0.15) is 24.8 Å². The van der Waals surface area contributed by atoms with Crippen molar-refractivity contribution in [1.82, 2.24) is 10.2 Å². The summed E-state index contributed by atoms with van der Waals surface area (Å²) in [6.45, 7) is 1.03. The molecule has 1 aromatic rings. The predicted molar refractivity (Wildman–Crippen MR) is 86.1 cm³/mol. The van der Waals surface area contributed by atoms with Gasteiger partial charge in [0, 0.05) is 13.1 Å². The van der Waals surface area contributed by atoms with Gasteiger partial charge < -0.3 is 20.1 Å². The Balaban J connectivity index is 1.77. The summed E-state index contributed by atoms with van der Waals surface area (Å²) in [5.41, 5.74) is 1.07. The first-order valence-corrected chi connectivity index (χ1v) is 7.96. The maximum absolute atomic E-state index is 12.0. The highest BCUT2D eigenvalue weighted by molar-refractivity contribution is 5.87. The SMILES string of the molecule is COc1cccc(CCNC(=O)CN2CCCCC(O)C2=O)c1. The summed E-state index contributed by atoms with van der Waals surface area (Å²) in [5.74, 6) is 0.249. The first-order valence-electron chi connectivity index (χ1n) is 7.96. The van der Waals surface area contributed by atoms with Gasteiger partial charge in [-0.1, -0.05) is 12.1 Å². The third kappa shape index (κ3) is 5.25. The summed E-state index contributed by atoms with van der Waals surface area (Å²) in [7, 11) is 1.62. The molecule has 1 heterocycles. The monoisotopic (exact) mass is 320 g/mol. The lowest BCUT2D eigenvalue weighted by atomic mass is 10.1. The van der Waals surface area contributed by atoms with E-state index in [0.717, 1.165) is 24.2 Å². The molecule has 23 heavy (non-hydrogen) atoms. The third-order valence-corrected chi connectivity index (χ3v) is 3.96. The van der Waals surface area contributed by atoms with Crippen molar-refractivity contribution in [1.29, 1.82) is 0 Å². The Labute approximate surface area is 136 Å². The molecule has 6 heteroatoms. The lowest BCUT2D eigenvalue weighted by Gasteiger charge is -2.21. The fourth-order valence-corrected chi connectivity index (χ4v) is 2.65. The number of carbonyl (C=O) groups excluding carboxylic acids is 2. The summed E-state index contributed by atoms with van der Waals surface area (Å²) >= 11 is 0. The van der Waals surface area contributed by atoms with Crippen molar-refractivity contribution in [3.8, 4) is 5.75 Å². The zero-order chi connectivity index (χ0) is 16.7. The molecule has 126 valence electrons. The molecular formula is C17H24N2O4. The molecule has 0 spiro atoms. The van der Waals surface area contributed by atoms with Gasteiger partial charge in [-0.15, -0.1) is 0 Å². The van der Waals surface area contributed by atoms with E-state index in [1.54, 1.807) is 7.11 Å².